The molecule has 10 heteroatoms. The lowest BCUT2D eigenvalue weighted by Gasteiger charge is -2.12. The molecule has 0 saturated carbocycles. The van der Waals surface area contributed by atoms with E-state index < -0.39 is 5.56 Å². The van der Waals surface area contributed by atoms with Crippen molar-refractivity contribution in [2.75, 3.05) is 12.9 Å². The van der Waals surface area contributed by atoms with Crippen molar-refractivity contribution in [3.8, 4) is 40.1 Å². The molecule has 1 aromatic heterocycles. The Morgan fingerprint density at radius 3 is 2.12 bits per heavy atom. The zero-order chi connectivity index (χ0) is 23.1. The fourth-order valence-corrected chi connectivity index (χ4v) is 3.96. The Labute approximate surface area is 188 Å². The van der Waals surface area contributed by atoms with Gasteiger partial charge >= 0.3 is 0 Å². The molecule has 32 heavy (non-hydrogen) atoms. The third-order valence-corrected chi connectivity index (χ3v) is 5.69. The smallest absolute Gasteiger partial charge is 0.267 e. The van der Waals surface area contributed by atoms with Gasteiger partial charge in [0.1, 0.15) is 29.3 Å². The topological polar surface area (TPSA) is 166 Å². The van der Waals surface area contributed by atoms with E-state index in [1.165, 1.54) is 0 Å². The molecule has 0 radical (unpaired) electrons. The highest BCUT2D eigenvalue weighted by atomic mass is 32.2. The predicted molar refractivity (Wildman–Crippen MR) is 124 cm³/mol. The van der Waals surface area contributed by atoms with E-state index in [0.717, 1.165) is 28.6 Å². The highest BCUT2D eigenvalue weighted by Gasteiger charge is 2.20. The van der Waals surface area contributed by atoms with Crippen molar-refractivity contribution in [1.82, 2.24) is 10.4 Å². The molecular weight excluding hydrogens is 426 g/mol. The van der Waals surface area contributed by atoms with Crippen LogP contribution in [-0.2, 0) is 0 Å². The van der Waals surface area contributed by atoms with Crippen molar-refractivity contribution >= 4 is 17.6 Å². The Morgan fingerprint density at radius 1 is 1.06 bits per heavy atom. The molecule has 0 spiro atoms. The number of aromatic nitrogens is 1. The monoisotopic (exact) mass is 445 g/mol. The van der Waals surface area contributed by atoms with Crippen LogP contribution in [0.3, 0.4) is 0 Å². The summed E-state index contributed by atoms with van der Waals surface area (Å²) in [5.41, 5.74) is 4.56. The number of nitrogens with two attached hydrogens (primary N) is 2. The van der Waals surface area contributed by atoms with Gasteiger partial charge in [-0.3, -0.25) is 4.79 Å². The molecule has 0 aliphatic heterocycles. The maximum Gasteiger partial charge on any atom is 0.267 e. The number of hydrazone groups is 1. The van der Waals surface area contributed by atoms with Gasteiger partial charge in [0.15, 0.2) is 0 Å². The van der Waals surface area contributed by atoms with Gasteiger partial charge in [-0.15, -0.1) is 0 Å². The highest BCUT2D eigenvalue weighted by molar-refractivity contribution is 8.00. The van der Waals surface area contributed by atoms with Crippen LogP contribution < -0.4 is 27.4 Å². The van der Waals surface area contributed by atoms with E-state index in [-0.39, 0.29) is 28.3 Å². The van der Waals surface area contributed by atoms with Crippen molar-refractivity contribution in [3.05, 3.63) is 70.0 Å². The molecule has 0 bridgehead atoms. The standard InChI is InChI=1S/C22H19N7O2S/c1-31-16-8-6-14(7-9-16)13-2-4-15(5-3-13)20-17(10-23)21(30)27-22(18(20)11-24)32-12-19(28-25)29-26/h2-9H,12,25-26H2,1H3,(H,27,30)(H,28,29). The second-order valence-electron chi connectivity index (χ2n) is 6.45. The summed E-state index contributed by atoms with van der Waals surface area (Å²) >= 11 is 1.12. The number of rotatable bonds is 6. The van der Waals surface area contributed by atoms with Crippen molar-refractivity contribution in [1.29, 1.82) is 10.5 Å². The van der Waals surface area contributed by atoms with Crippen LogP contribution >= 0.6 is 11.8 Å². The first kappa shape index (κ1) is 22.4. The van der Waals surface area contributed by atoms with E-state index in [9.17, 15) is 15.3 Å². The van der Waals surface area contributed by atoms with Gasteiger partial charge in [0.2, 0.25) is 0 Å². The molecule has 6 N–H and O–H groups in total. The van der Waals surface area contributed by atoms with Crippen LogP contribution in [0.1, 0.15) is 11.1 Å². The molecule has 160 valence electrons. The number of nitrogens with zero attached hydrogens (tertiary/aromatic N) is 3. The molecule has 3 aromatic rings. The number of hydrogen-bond acceptors (Lipinski definition) is 8. The van der Waals surface area contributed by atoms with Crippen LogP contribution in [-0.4, -0.2) is 23.7 Å². The minimum absolute atomic E-state index is 0.132. The minimum Gasteiger partial charge on any atom is -0.497 e. The summed E-state index contributed by atoms with van der Waals surface area (Å²) in [5, 5.41) is 23.2. The van der Waals surface area contributed by atoms with Crippen molar-refractivity contribution in [3.63, 3.8) is 0 Å². The van der Waals surface area contributed by atoms with Gasteiger partial charge in [0.25, 0.3) is 5.56 Å². The Morgan fingerprint density at radius 2 is 1.62 bits per heavy atom. The Hall–Kier alpha value is -4.25. The van der Waals surface area contributed by atoms with Crippen molar-refractivity contribution in [2.24, 2.45) is 16.8 Å². The zero-order valence-corrected chi connectivity index (χ0v) is 17.9. The number of nitriles is 2. The minimum atomic E-state index is -0.588. The quantitative estimate of drug-likeness (QED) is 0.147. The average molecular weight is 446 g/mol. The van der Waals surface area contributed by atoms with Gasteiger partial charge in [-0.2, -0.15) is 15.6 Å². The number of H-pyrrole nitrogens is 1. The van der Waals surface area contributed by atoms with Gasteiger partial charge in [-0.05, 0) is 28.8 Å². The summed E-state index contributed by atoms with van der Waals surface area (Å²) in [5.74, 6) is 11.8. The SMILES string of the molecule is COc1ccc(-c2ccc(-c3c(C#N)c(SC/C(=N/N)NN)[nH]c(=O)c3C#N)cc2)cc1. The number of benzene rings is 2. The Balaban J connectivity index is 2.06. The maximum atomic E-state index is 12.6. The molecule has 0 amide bonds. The number of thioether (sulfide) groups is 1. The van der Waals surface area contributed by atoms with Crippen LogP contribution in [0.5, 0.6) is 5.75 Å². The maximum absolute atomic E-state index is 12.6. The molecule has 0 fully saturated rings. The molecule has 9 nitrogen and oxygen atoms in total. The molecule has 0 unspecified atom stereocenters. The predicted octanol–water partition coefficient (Wildman–Crippen LogP) is 2.29. The fourth-order valence-electron chi connectivity index (χ4n) is 3.06. The number of nitrogens with one attached hydrogen (secondary N) is 2. The fraction of sp³-hybridized carbons (Fsp3) is 0.0909. The summed E-state index contributed by atoms with van der Waals surface area (Å²) in [6, 6.07) is 18.9. The van der Waals surface area contributed by atoms with E-state index in [4.69, 9.17) is 16.4 Å². The molecule has 0 aliphatic carbocycles. The van der Waals surface area contributed by atoms with Crippen LogP contribution in [0.2, 0.25) is 0 Å². The van der Waals surface area contributed by atoms with Crippen molar-refractivity contribution in [2.45, 2.75) is 5.03 Å². The summed E-state index contributed by atoms with van der Waals surface area (Å²) < 4.78 is 5.18. The van der Waals surface area contributed by atoms with Crippen LogP contribution in [0.4, 0.5) is 0 Å². The summed E-state index contributed by atoms with van der Waals surface area (Å²) in [6.07, 6.45) is 0. The molecule has 2 aromatic carbocycles. The lowest BCUT2D eigenvalue weighted by molar-refractivity contribution is 0.415. The van der Waals surface area contributed by atoms with E-state index in [1.54, 1.807) is 19.2 Å². The number of methoxy groups -OCH3 is 1. The molecule has 1 heterocycles. The Bertz CT molecular complexity index is 1280. The number of pyridine rings is 1. The Kier molecular flexibility index (Phi) is 7.13. The van der Waals surface area contributed by atoms with E-state index in [0.29, 0.717) is 10.6 Å². The van der Waals surface area contributed by atoms with Crippen LogP contribution in [0.25, 0.3) is 22.3 Å². The van der Waals surface area contributed by atoms with Gasteiger partial charge < -0.3 is 21.0 Å². The first-order valence-electron chi connectivity index (χ1n) is 9.27. The average Bonchev–Trinajstić information content (AvgIpc) is 2.84. The van der Waals surface area contributed by atoms with Gasteiger partial charge in [0.05, 0.1) is 23.5 Å². The number of ether oxygens (including phenoxy) is 1. The third-order valence-electron chi connectivity index (χ3n) is 4.68. The normalized spacial score (nSPS) is 10.8. The number of aromatic amines is 1. The number of hydrazine groups is 1. The lowest BCUT2D eigenvalue weighted by atomic mass is 9.95. The highest BCUT2D eigenvalue weighted by Crippen LogP contribution is 2.32. The second-order valence-corrected chi connectivity index (χ2v) is 7.43. The van der Waals surface area contributed by atoms with Gasteiger partial charge in [-0.25, -0.2) is 5.84 Å². The van der Waals surface area contributed by atoms with Gasteiger partial charge in [0, 0.05) is 5.56 Å². The van der Waals surface area contributed by atoms with Gasteiger partial charge in [-0.1, -0.05) is 48.2 Å². The van der Waals surface area contributed by atoms with Crippen LogP contribution in [0.15, 0.2) is 63.5 Å². The molecule has 0 atom stereocenters. The number of hydrogen-bond donors (Lipinski definition) is 4. The molecular formula is C22H19N7O2S. The van der Waals surface area contributed by atoms with Crippen LogP contribution in [0, 0.1) is 22.7 Å². The molecule has 0 saturated heterocycles. The number of amidine groups is 1. The second kappa shape index (κ2) is 10.2. The first-order valence-corrected chi connectivity index (χ1v) is 10.3. The molecule has 3 rings (SSSR count). The first-order chi connectivity index (χ1) is 15.6. The lowest BCUT2D eigenvalue weighted by Crippen LogP contribution is -2.33. The van der Waals surface area contributed by atoms with E-state index in [2.05, 4.69) is 21.6 Å². The summed E-state index contributed by atoms with van der Waals surface area (Å²) in [4.78, 5) is 15.2. The zero-order valence-electron chi connectivity index (χ0n) is 17.0. The molecule has 0 aliphatic rings. The summed E-state index contributed by atoms with van der Waals surface area (Å²) in [7, 11) is 1.60. The summed E-state index contributed by atoms with van der Waals surface area (Å²) in [6.45, 7) is 0. The van der Waals surface area contributed by atoms with E-state index in [1.807, 2.05) is 42.5 Å². The third kappa shape index (κ3) is 4.57. The van der Waals surface area contributed by atoms with Crippen molar-refractivity contribution < 1.29 is 4.74 Å². The van der Waals surface area contributed by atoms with E-state index >= 15 is 0 Å². The largest absolute Gasteiger partial charge is 0.497 e.